The summed E-state index contributed by atoms with van der Waals surface area (Å²) in [6.45, 7) is 12.6. The molecule has 0 fully saturated rings. The van der Waals surface area contributed by atoms with Crippen LogP contribution in [0.4, 0.5) is 0 Å². The third-order valence-electron chi connectivity index (χ3n) is 3.94. The van der Waals surface area contributed by atoms with Crippen LogP contribution in [-0.4, -0.2) is 27.3 Å². The number of ketones is 1. The molecule has 0 saturated heterocycles. The van der Waals surface area contributed by atoms with Gasteiger partial charge >= 0.3 is 0 Å². The topological polar surface area (TPSA) is 38.3 Å². The van der Waals surface area contributed by atoms with Crippen molar-refractivity contribution < 1.29 is 9.22 Å². The van der Waals surface area contributed by atoms with E-state index in [1.54, 1.807) is 0 Å². The molecule has 1 aliphatic rings. The maximum atomic E-state index is 11.6. The zero-order chi connectivity index (χ0) is 13.8. The molecule has 0 saturated carbocycles. The molecule has 0 aliphatic heterocycles. The third kappa shape index (κ3) is 4.25. The first-order valence-corrected chi connectivity index (χ1v) is 9.76. The van der Waals surface area contributed by atoms with Crippen LogP contribution >= 0.6 is 0 Å². The summed E-state index contributed by atoms with van der Waals surface area (Å²) in [6.07, 6.45) is 4.70. The van der Waals surface area contributed by atoms with Crippen LogP contribution < -0.4 is 5.32 Å². The fourth-order valence-electron chi connectivity index (χ4n) is 1.64. The Bertz CT molecular complexity index is 329. The molecule has 0 aromatic carbocycles. The van der Waals surface area contributed by atoms with Gasteiger partial charge in [-0.2, -0.15) is 0 Å². The lowest BCUT2D eigenvalue weighted by Crippen LogP contribution is -2.42. The van der Waals surface area contributed by atoms with Crippen LogP contribution in [0.5, 0.6) is 0 Å². The normalized spacial score (nSPS) is 17.6. The monoisotopic (exact) mass is 269 g/mol. The molecule has 1 aliphatic carbocycles. The minimum Gasteiger partial charge on any atom is -0.415 e. The van der Waals surface area contributed by atoms with Crippen LogP contribution in [0, 0.1) is 0 Å². The van der Waals surface area contributed by atoms with Crippen molar-refractivity contribution in [3.05, 3.63) is 11.8 Å². The largest absolute Gasteiger partial charge is 0.415 e. The van der Waals surface area contributed by atoms with Crippen LogP contribution in [0.15, 0.2) is 11.8 Å². The van der Waals surface area contributed by atoms with E-state index in [9.17, 15) is 4.79 Å². The van der Waals surface area contributed by atoms with Gasteiger partial charge in [0.2, 0.25) is 0 Å². The molecule has 104 valence electrons. The highest BCUT2D eigenvalue weighted by Gasteiger charge is 2.36. The van der Waals surface area contributed by atoms with E-state index in [1.165, 1.54) is 0 Å². The minimum absolute atomic E-state index is 0.243. The highest BCUT2D eigenvalue weighted by molar-refractivity contribution is 6.74. The van der Waals surface area contributed by atoms with Gasteiger partial charge < -0.3 is 9.74 Å². The van der Waals surface area contributed by atoms with E-state index < -0.39 is 8.32 Å². The van der Waals surface area contributed by atoms with Gasteiger partial charge in [0.05, 0.1) is 12.3 Å². The fourth-order valence-corrected chi connectivity index (χ4v) is 2.68. The van der Waals surface area contributed by atoms with Gasteiger partial charge in [0.25, 0.3) is 0 Å². The lowest BCUT2D eigenvalue weighted by molar-refractivity contribution is -0.116. The SMILES string of the molecule is CC(C)(C)[Si](C)(C)OCCNC1=CCCCC1=O. The van der Waals surface area contributed by atoms with Gasteiger partial charge in [-0.25, -0.2) is 0 Å². The van der Waals surface area contributed by atoms with Gasteiger partial charge in [-0.1, -0.05) is 26.8 Å². The Kier molecular flexibility index (Phi) is 5.17. The Hall–Kier alpha value is -0.613. The van der Waals surface area contributed by atoms with Crippen LogP contribution in [0.25, 0.3) is 0 Å². The molecule has 18 heavy (non-hydrogen) atoms. The van der Waals surface area contributed by atoms with Crippen molar-refractivity contribution in [2.24, 2.45) is 0 Å². The Balaban J connectivity index is 2.31. The number of rotatable bonds is 5. The number of hydrogen-bond donors (Lipinski definition) is 1. The first kappa shape index (κ1) is 15.4. The van der Waals surface area contributed by atoms with E-state index in [1.807, 2.05) is 6.08 Å². The number of carbonyl (C=O) groups is 1. The number of hydrogen-bond acceptors (Lipinski definition) is 3. The van der Waals surface area contributed by atoms with Crippen LogP contribution in [0.2, 0.25) is 18.1 Å². The van der Waals surface area contributed by atoms with Crippen molar-refractivity contribution in [3.8, 4) is 0 Å². The highest BCUT2D eigenvalue weighted by atomic mass is 28.4. The summed E-state index contributed by atoms with van der Waals surface area (Å²) in [7, 11) is -1.65. The highest BCUT2D eigenvalue weighted by Crippen LogP contribution is 2.36. The van der Waals surface area contributed by atoms with E-state index in [0.717, 1.165) is 25.1 Å². The standard InChI is InChI=1S/C14H27NO2Si/c1-14(2,3)18(4,5)17-11-10-15-12-8-6-7-9-13(12)16/h8,15H,6-7,9-11H2,1-5H3. The lowest BCUT2D eigenvalue weighted by Gasteiger charge is -2.36. The Morgan fingerprint density at radius 1 is 1.39 bits per heavy atom. The number of Topliss-reactive ketones (excluding diaryl/α,β-unsaturated/α-hetero) is 1. The zero-order valence-corrected chi connectivity index (χ0v) is 13.4. The number of allylic oxidation sites excluding steroid dienone is 2. The van der Waals surface area contributed by atoms with Crippen molar-refractivity contribution >= 4 is 14.1 Å². The summed E-state index contributed by atoms with van der Waals surface area (Å²) in [6, 6.07) is 0. The van der Waals surface area contributed by atoms with E-state index in [4.69, 9.17) is 4.43 Å². The molecule has 0 aromatic heterocycles. The van der Waals surface area contributed by atoms with E-state index in [0.29, 0.717) is 13.0 Å². The van der Waals surface area contributed by atoms with E-state index >= 15 is 0 Å². The molecular weight excluding hydrogens is 242 g/mol. The second kappa shape index (κ2) is 6.02. The van der Waals surface area contributed by atoms with Crippen LogP contribution in [0.1, 0.15) is 40.0 Å². The van der Waals surface area contributed by atoms with Gasteiger partial charge in [0.1, 0.15) is 0 Å². The van der Waals surface area contributed by atoms with Crippen LogP contribution in [-0.2, 0) is 9.22 Å². The van der Waals surface area contributed by atoms with Crippen molar-refractivity contribution in [2.45, 2.75) is 58.2 Å². The predicted octanol–water partition coefficient (Wildman–Crippen LogP) is 3.23. The molecule has 0 bridgehead atoms. The summed E-state index contributed by atoms with van der Waals surface area (Å²) in [5.74, 6) is 0.244. The van der Waals surface area contributed by atoms with Gasteiger partial charge in [-0.05, 0) is 31.0 Å². The molecule has 0 atom stereocenters. The Morgan fingerprint density at radius 2 is 2.06 bits per heavy atom. The summed E-state index contributed by atoms with van der Waals surface area (Å²) in [4.78, 5) is 11.6. The average molecular weight is 269 g/mol. The number of carbonyl (C=O) groups excluding carboxylic acids is 1. The molecule has 1 N–H and O–H groups in total. The molecule has 0 radical (unpaired) electrons. The van der Waals surface area contributed by atoms with Gasteiger partial charge in [-0.15, -0.1) is 0 Å². The maximum Gasteiger partial charge on any atom is 0.192 e. The van der Waals surface area contributed by atoms with Gasteiger partial charge in [-0.3, -0.25) is 4.79 Å². The first-order chi connectivity index (χ1) is 8.24. The fraction of sp³-hybridized carbons (Fsp3) is 0.786. The molecule has 0 spiro atoms. The smallest absolute Gasteiger partial charge is 0.192 e. The molecule has 0 aromatic rings. The molecule has 1 rings (SSSR count). The molecule has 3 nitrogen and oxygen atoms in total. The summed E-state index contributed by atoms with van der Waals surface area (Å²) < 4.78 is 6.06. The maximum absolute atomic E-state index is 11.6. The number of nitrogens with one attached hydrogen (secondary N) is 1. The molecule has 4 heteroatoms. The van der Waals surface area contributed by atoms with Crippen molar-refractivity contribution in [1.29, 1.82) is 0 Å². The second-order valence-electron chi connectivity index (χ2n) is 6.47. The summed E-state index contributed by atoms with van der Waals surface area (Å²) >= 11 is 0. The lowest BCUT2D eigenvalue weighted by atomic mass is 10.0. The van der Waals surface area contributed by atoms with E-state index in [-0.39, 0.29) is 10.8 Å². The van der Waals surface area contributed by atoms with Crippen molar-refractivity contribution in [3.63, 3.8) is 0 Å². The van der Waals surface area contributed by atoms with Crippen LogP contribution in [0.3, 0.4) is 0 Å². The van der Waals surface area contributed by atoms with Crippen molar-refractivity contribution in [2.75, 3.05) is 13.2 Å². The predicted molar refractivity (Wildman–Crippen MR) is 78.1 cm³/mol. The Morgan fingerprint density at radius 3 is 2.61 bits per heavy atom. The zero-order valence-electron chi connectivity index (χ0n) is 12.4. The quantitative estimate of drug-likeness (QED) is 0.615. The van der Waals surface area contributed by atoms with Crippen molar-refractivity contribution in [1.82, 2.24) is 5.32 Å². The van der Waals surface area contributed by atoms with E-state index in [2.05, 4.69) is 39.2 Å². The average Bonchev–Trinajstić information content (AvgIpc) is 2.25. The van der Waals surface area contributed by atoms with Gasteiger partial charge in [0.15, 0.2) is 14.1 Å². The molecule has 0 heterocycles. The van der Waals surface area contributed by atoms with Gasteiger partial charge in [0, 0.05) is 13.0 Å². The molecule has 0 unspecified atom stereocenters. The summed E-state index contributed by atoms with van der Waals surface area (Å²) in [5, 5.41) is 3.45. The minimum atomic E-state index is -1.65. The summed E-state index contributed by atoms with van der Waals surface area (Å²) in [5.41, 5.74) is 0.792. The second-order valence-corrected chi connectivity index (χ2v) is 11.3. The first-order valence-electron chi connectivity index (χ1n) is 6.85. The third-order valence-corrected chi connectivity index (χ3v) is 8.48. The molecule has 0 amide bonds. The Labute approximate surface area is 112 Å². The molecular formula is C14H27NO2Si.